The number of hydrogen-bond acceptors (Lipinski definition) is 2. The van der Waals surface area contributed by atoms with Crippen molar-refractivity contribution in [1.29, 1.82) is 0 Å². The minimum absolute atomic E-state index is 0.00684. The van der Waals surface area contributed by atoms with E-state index in [1.165, 1.54) is 24.8 Å². The summed E-state index contributed by atoms with van der Waals surface area (Å²) in [5.74, 6) is 1.53. The van der Waals surface area contributed by atoms with Gasteiger partial charge in [-0.1, -0.05) is 19.8 Å². The molecule has 0 unspecified atom stereocenters. The second-order valence-electron chi connectivity index (χ2n) is 6.29. The molecule has 114 valence electrons. The van der Waals surface area contributed by atoms with Gasteiger partial charge in [0.2, 0.25) is 0 Å². The number of benzene rings is 1. The summed E-state index contributed by atoms with van der Waals surface area (Å²) in [4.78, 5) is 14.3. The van der Waals surface area contributed by atoms with Gasteiger partial charge in [0, 0.05) is 25.2 Å². The fourth-order valence-corrected chi connectivity index (χ4v) is 3.50. The van der Waals surface area contributed by atoms with E-state index >= 15 is 0 Å². The maximum absolute atomic E-state index is 12.4. The van der Waals surface area contributed by atoms with Crippen LogP contribution in [0.3, 0.4) is 0 Å². The van der Waals surface area contributed by atoms with E-state index in [9.17, 15) is 4.79 Å². The van der Waals surface area contributed by atoms with Crippen molar-refractivity contribution in [2.24, 2.45) is 5.92 Å². The van der Waals surface area contributed by atoms with Gasteiger partial charge in [-0.25, -0.2) is 4.79 Å². The van der Waals surface area contributed by atoms with E-state index in [2.05, 4.69) is 12.2 Å². The molecule has 1 N–H and O–H groups in total. The number of carbonyl (C=O) groups is 1. The summed E-state index contributed by atoms with van der Waals surface area (Å²) in [6.07, 6.45) is 5.77. The highest BCUT2D eigenvalue weighted by Gasteiger charge is 2.28. The van der Waals surface area contributed by atoms with Gasteiger partial charge < -0.3 is 15.0 Å². The zero-order valence-electron chi connectivity index (χ0n) is 12.9. The Morgan fingerprint density at radius 3 is 2.95 bits per heavy atom. The normalized spacial score (nSPS) is 24.1. The first-order valence-electron chi connectivity index (χ1n) is 7.94. The molecule has 1 aliphatic heterocycles. The average Bonchev–Trinajstić information content (AvgIpc) is 2.94. The molecule has 2 aliphatic rings. The summed E-state index contributed by atoms with van der Waals surface area (Å²) < 4.78 is 5.49. The van der Waals surface area contributed by atoms with Crippen LogP contribution in [0.1, 0.15) is 38.2 Å². The van der Waals surface area contributed by atoms with Crippen LogP contribution in [0.5, 0.6) is 5.75 Å². The number of anilines is 1. The van der Waals surface area contributed by atoms with Crippen molar-refractivity contribution in [2.75, 3.05) is 19.0 Å². The molecule has 1 aliphatic carbocycles. The quantitative estimate of drug-likeness (QED) is 0.902. The van der Waals surface area contributed by atoms with Gasteiger partial charge in [-0.05, 0) is 42.5 Å². The van der Waals surface area contributed by atoms with Crippen molar-refractivity contribution >= 4 is 11.7 Å². The lowest BCUT2D eigenvalue weighted by Gasteiger charge is -2.36. The molecule has 2 amide bonds. The Labute approximate surface area is 126 Å². The van der Waals surface area contributed by atoms with E-state index in [1.54, 1.807) is 0 Å². The number of fused-ring (bicyclic) bond motifs is 1. The van der Waals surface area contributed by atoms with Gasteiger partial charge in [0.05, 0.1) is 6.61 Å². The molecule has 1 fully saturated rings. The Morgan fingerprint density at radius 2 is 2.14 bits per heavy atom. The van der Waals surface area contributed by atoms with Gasteiger partial charge in [-0.15, -0.1) is 0 Å². The lowest BCUT2D eigenvalue weighted by atomic mass is 9.85. The van der Waals surface area contributed by atoms with Crippen LogP contribution in [-0.4, -0.2) is 30.6 Å². The topological polar surface area (TPSA) is 41.6 Å². The molecule has 4 nitrogen and oxygen atoms in total. The first-order chi connectivity index (χ1) is 10.1. The van der Waals surface area contributed by atoms with Gasteiger partial charge in [0.15, 0.2) is 0 Å². The number of ether oxygens (including phenoxy) is 1. The molecule has 0 bridgehead atoms. The van der Waals surface area contributed by atoms with Gasteiger partial charge in [0.25, 0.3) is 0 Å². The van der Waals surface area contributed by atoms with E-state index in [0.717, 1.165) is 30.9 Å². The summed E-state index contributed by atoms with van der Waals surface area (Å²) in [6, 6.07) is 6.24. The van der Waals surface area contributed by atoms with Crippen LogP contribution in [0, 0.1) is 5.92 Å². The van der Waals surface area contributed by atoms with Crippen molar-refractivity contribution in [3.63, 3.8) is 0 Å². The summed E-state index contributed by atoms with van der Waals surface area (Å²) in [6.45, 7) is 2.99. The van der Waals surface area contributed by atoms with Gasteiger partial charge in [0.1, 0.15) is 5.75 Å². The fraction of sp³-hybridized carbons (Fsp3) is 0.588. The molecule has 0 aromatic heterocycles. The second-order valence-corrected chi connectivity index (χ2v) is 6.29. The molecular formula is C17H24N2O2. The van der Waals surface area contributed by atoms with Crippen LogP contribution in [0.4, 0.5) is 10.5 Å². The van der Waals surface area contributed by atoms with Crippen LogP contribution < -0.4 is 10.1 Å². The van der Waals surface area contributed by atoms with Crippen LogP contribution in [0.15, 0.2) is 18.2 Å². The largest absolute Gasteiger partial charge is 0.493 e. The maximum atomic E-state index is 12.4. The fourth-order valence-electron chi connectivity index (χ4n) is 3.50. The molecule has 1 saturated carbocycles. The highest BCUT2D eigenvalue weighted by molar-refractivity contribution is 5.89. The predicted octanol–water partition coefficient (Wildman–Crippen LogP) is 3.66. The number of rotatable bonds is 2. The molecule has 1 aromatic carbocycles. The number of nitrogens with one attached hydrogen (secondary N) is 1. The Morgan fingerprint density at radius 1 is 1.33 bits per heavy atom. The van der Waals surface area contributed by atoms with Crippen molar-refractivity contribution in [1.82, 2.24) is 4.90 Å². The molecule has 1 heterocycles. The molecular weight excluding hydrogens is 264 g/mol. The zero-order valence-corrected chi connectivity index (χ0v) is 12.9. The van der Waals surface area contributed by atoms with E-state index in [1.807, 2.05) is 30.1 Å². The molecule has 0 spiro atoms. The minimum Gasteiger partial charge on any atom is -0.493 e. The summed E-state index contributed by atoms with van der Waals surface area (Å²) in [7, 11) is 1.91. The standard InChI is InChI=1S/C17H24N2O2/c1-12-5-3-4-6-15(12)19(2)17(20)18-14-7-8-16-13(11-14)9-10-21-16/h7-8,11-12,15H,3-6,9-10H2,1-2H3,(H,18,20)/t12-,15+/m1/s1. The predicted molar refractivity (Wildman–Crippen MR) is 83.8 cm³/mol. The lowest BCUT2D eigenvalue weighted by Crippen LogP contribution is -2.44. The van der Waals surface area contributed by atoms with Gasteiger partial charge in [-0.3, -0.25) is 0 Å². The van der Waals surface area contributed by atoms with E-state index < -0.39 is 0 Å². The molecule has 3 rings (SSSR count). The summed E-state index contributed by atoms with van der Waals surface area (Å²) in [5.41, 5.74) is 2.04. The third-order valence-corrected chi connectivity index (χ3v) is 4.82. The van der Waals surface area contributed by atoms with Crippen molar-refractivity contribution < 1.29 is 9.53 Å². The van der Waals surface area contributed by atoms with Crippen molar-refractivity contribution in [3.05, 3.63) is 23.8 Å². The van der Waals surface area contributed by atoms with Crippen LogP contribution in [0.25, 0.3) is 0 Å². The molecule has 1 aromatic rings. The molecule has 0 saturated heterocycles. The number of hydrogen-bond donors (Lipinski definition) is 1. The highest BCUT2D eigenvalue weighted by Crippen LogP contribution is 2.29. The second kappa shape index (κ2) is 5.96. The zero-order chi connectivity index (χ0) is 14.8. The smallest absolute Gasteiger partial charge is 0.321 e. The Hall–Kier alpha value is -1.71. The molecule has 4 heteroatoms. The highest BCUT2D eigenvalue weighted by atomic mass is 16.5. The first-order valence-corrected chi connectivity index (χ1v) is 7.94. The van der Waals surface area contributed by atoms with Crippen molar-refractivity contribution in [2.45, 2.75) is 45.1 Å². The Bertz CT molecular complexity index is 530. The van der Waals surface area contributed by atoms with E-state index in [-0.39, 0.29) is 6.03 Å². The molecule has 0 radical (unpaired) electrons. The third kappa shape index (κ3) is 2.99. The van der Waals surface area contributed by atoms with Crippen LogP contribution in [-0.2, 0) is 6.42 Å². The maximum Gasteiger partial charge on any atom is 0.321 e. The van der Waals surface area contributed by atoms with E-state index in [4.69, 9.17) is 4.74 Å². The Kier molecular flexibility index (Phi) is 4.04. The number of carbonyl (C=O) groups excluding carboxylic acids is 1. The van der Waals surface area contributed by atoms with Crippen LogP contribution in [0.2, 0.25) is 0 Å². The minimum atomic E-state index is -0.00684. The molecule has 21 heavy (non-hydrogen) atoms. The van der Waals surface area contributed by atoms with Crippen LogP contribution >= 0.6 is 0 Å². The number of nitrogens with zero attached hydrogens (tertiary/aromatic N) is 1. The Balaban J connectivity index is 1.65. The lowest BCUT2D eigenvalue weighted by molar-refractivity contribution is 0.155. The number of amides is 2. The van der Waals surface area contributed by atoms with Crippen molar-refractivity contribution in [3.8, 4) is 5.75 Å². The third-order valence-electron chi connectivity index (χ3n) is 4.82. The summed E-state index contributed by atoms with van der Waals surface area (Å²) >= 11 is 0. The van der Waals surface area contributed by atoms with E-state index in [0.29, 0.717) is 12.0 Å². The number of urea groups is 1. The van der Waals surface area contributed by atoms with Gasteiger partial charge in [-0.2, -0.15) is 0 Å². The first kappa shape index (κ1) is 14.2. The van der Waals surface area contributed by atoms with Gasteiger partial charge >= 0.3 is 6.03 Å². The monoisotopic (exact) mass is 288 g/mol. The summed E-state index contributed by atoms with van der Waals surface area (Å²) in [5, 5.41) is 3.02. The SMILES string of the molecule is C[C@@H]1CCCC[C@@H]1N(C)C(=O)Nc1ccc2c(c1)CCO2. The molecule has 2 atom stereocenters. The average molecular weight is 288 g/mol.